The standard InChI is InChI=1S/C12H27NSi/c1-5-8-10-13(11-9-6-2)14-12(4)7-3/h7H,5-6,8-11,14H2,1-4H3. The first kappa shape index (κ1) is 13.9. The van der Waals surface area contributed by atoms with Crippen LogP contribution in [-0.4, -0.2) is 27.3 Å². The Kier molecular flexibility index (Phi) is 9.41. The van der Waals surface area contributed by atoms with E-state index in [1.54, 1.807) is 5.20 Å². The molecule has 0 aromatic heterocycles. The van der Waals surface area contributed by atoms with Gasteiger partial charge in [-0.15, -0.1) is 0 Å². The van der Waals surface area contributed by atoms with Gasteiger partial charge in [-0.25, -0.2) is 0 Å². The van der Waals surface area contributed by atoms with E-state index in [4.69, 9.17) is 0 Å². The molecule has 84 valence electrons. The van der Waals surface area contributed by atoms with Gasteiger partial charge in [0.1, 0.15) is 9.68 Å². The predicted molar refractivity (Wildman–Crippen MR) is 69.4 cm³/mol. The lowest BCUT2D eigenvalue weighted by Gasteiger charge is -2.21. The number of rotatable bonds is 8. The number of hydrogen-bond acceptors (Lipinski definition) is 1. The fourth-order valence-electron chi connectivity index (χ4n) is 1.48. The van der Waals surface area contributed by atoms with E-state index in [0.717, 1.165) is 0 Å². The Bertz CT molecular complexity index is 146. The van der Waals surface area contributed by atoms with E-state index in [1.807, 2.05) is 0 Å². The van der Waals surface area contributed by atoms with Crippen LogP contribution in [-0.2, 0) is 0 Å². The van der Waals surface area contributed by atoms with Crippen molar-refractivity contribution < 1.29 is 0 Å². The highest BCUT2D eigenvalue weighted by Gasteiger charge is 2.04. The molecule has 0 rings (SSSR count). The zero-order valence-corrected chi connectivity index (χ0v) is 11.9. The van der Waals surface area contributed by atoms with Crippen LogP contribution in [0.3, 0.4) is 0 Å². The second kappa shape index (κ2) is 9.47. The maximum Gasteiger partial charge on any atom is 0.122 e. The molecule has 0 N–H and O–H groups in total. The van der Waals surface area contributed by atoms with Crippen LogP contribution in [0.25, 0.3) is 0 Å². The smallest absolute Gasteiger partial charge is 0.122 e. The van der Waals surface area contributed by atoms with E-state index < -0.39 is 0 Å². The number of unbranched alkanes of at least 4 members (excludes halogenated alkanes) is 2. The highest BCUT2D eigenvalue weighted by Crippen LogP contribution is 2.01. The summed E-state index contributed by atoms with van der Waals surface area (Å²) >= 11 is 0. The third-order valence-corrected chi connectivity index (χ3v) is 4.61. The van der Waals surface area contributed by atoms with Crippen LogP contribution in [0.4, 0.5) is 0 Å². The van der Waals surface area contributed by atoms with Crippen molar-refractivity contribution in [3.05, 3.63) is 11.3 Å². The van der Waals surface area contributed by atoms with E-state index in [0.29, 0.717) is 0 Å². The SMILES string of the molecule is CC=C(C)[SiH2]N(CCCC)CCCC. The van der Waals surface area contributed by atoms with Crippen molar-refractivity contribution in [2.75, 3.05) is 13.1 Å². The third-order valence-electron chi connectivity index (χ3n) is 2.62. The van der Waals surface area contributed by atoms with Crippen molar-refractivity contribution >= 4 is 9.68 Å². The average Bonchev–Trinajstić information content (AvgIpc) is 2.21. The summed E-state index contributed by atoms with van der Waals surface area (Å²) in [7, 11) is -0.0965. The van der Waals surface area contributed by atoms with Gasteiger partial charge in [-0.05, 0) is 39.8 Å². The molecular formula is C12H27NSi. The van der Waals surface area contributed by atoms with Crippen LogP contribution in [0.15, 0.2) is 11.3 Å². The Morgan fingerprint density at radius 1 is 1.14 bits per heavy atom. The molecule has 0 bridgehead atoms. The Morgan fingerprint density at radius 3 is 2.00 bits per heavy atom. The van der Waals surface area contributed by atoms with E-state index in [1.165, 1.54) is 38.8 Å². The maximum atomic E-state index is 2.72. The summed E-state index contributed by atoms with van der Waals surface area (Å²) in [6.45, 7) is 11.7. The zero-order valence-electron chi connectivity index (χ0n) is 10.5. The lowest BCUT2D eigenvalue weighted by molar-refractivity contribution is 0.422. The molecule has 0 radical (unpaired) electrons. The second-order valence-corrected chi connectivity index (χ2v) is 6.44. The van der Waals surface area contributed by atoms with Crippen molar-refractivity contribution in [1.82, 2.24) is 4.57 Å². The molecule has 1 nitrogen and oxygen atoms in total. The molecule has 0 saturated carbocycles. The second-order valence-electron chi connectivity index (χ2n) is 4.12. The Hall–Kier alpha value is -0.0831. The van der Waals surface area contributed by atoms with E-state index in [-0.39, 0.29) is 9.68 Å². The molecule has 0 amide bonds. The molecule has 0 fully saturated rings. The molecule has 0 atom stereocenters. The lowest BCUT2D eigenvalue weighted by atomic mass is 10.3. The molecular weight excluding hydrogens is 186 g/mol. The lowest BCUT2D eigenvalue weighted by Crippen LogP contribution is -2.30. The molecule has 0 unspecified atom stereocenters. The maximum absolute atomic E-state index is 2.72. The van der Waals surface area contributed by atoms with Crippen LogP contribution in [0.2, 0.25) is 0 Å². The van der Waals surface area contributed by atoms with Crippen LogP contribution >= 0.6 is 0 Å². The molecule has 0 aromatic carbocycles. The van der Waals surface area contributed by atoms with E-state index in [2.05, 4.69) is 38.3 Å². The van der Waals surface area contributed by atoms with Crippen LogP contribution in [0.1, 0.15) is 53.4 Å². The molecule has 0 aromatic rings. The minimum atomic E-state index is -0.0965. The van der Waals surface area contributed by atoms with Gasteiger partial charge in [0.25, 0.3) is 0 Å². The molecule has 0 heterocycles. The first-order valence-electron chi connectivity index (χ1n) is 6.08. The average molecular weight is 213 g/mol. The van der Waals surface area contributed by atoms with Crippen molar-refractivity contribution in [1.29, 1.82) is 0 Å². The summed E-state index contributed by atoms with van der Waals surface area (Å²) in [5.41, 5.74) is 0. The molecule has 0 spiro atoms. The summed E-state index contributed by atoms with van der Waals surface area (Å²) in [5, 5.41) is 1.64. The number of nitrogens with zero attached hydrogens (tertiary/aromatic N) is 1. The Morgan fingerprint density at radius 2 is 1.64 bits per heavy atom. The Labute approximate surface area is 92.5 Å². The summed E-state index contributed by atoms with van der Waals surface area (Å²) in [6, 6.07) is 0. The first-order chi connectivity index (χ1) is 6.74. The minimum Gasteiger partial charge on any atom is -0.325 e. The van der Waals surface area contributed by atoms with E-state index in [9.17, 15) is 0 Å². The van der Waals surface area contributed by atoms with Gasteiger partial charge in [0.05, 0.1) is 0 Å². The van der Waals surface area contributed by atoms with Gasteiger partial charge in [0.2, 0.25) is 0 Å². The highest BCUT2D eigenvalue weighted by molar-refractivity contribution is 6.41. The first-order valence-corrected chi connectivity index (χ1v) is 7.42. The molecule has 2 heteroatoms. The highest BCUT2D eigenvalue weighted by atomic mass is 28.2. The van der Waals surface area contributed by atoms with Gasteiger partial charge in [0, 0.05) is 0 Å². The summed E-state index contributed by atoms with van der Waals surface area (Å²) in [5.74, 6) is 0. The predicted octanol–water partition coefficient (Wildman–Crippen LogP) is 2.90. The topological polar surface area (TPSA) is 3.24 Å². The quantitative estimate of drug-likeness (QED) is 0.560. The van der Waals surface area contributed by atoms with Crippen molar-refractivity contribution in [3.8, 4) is 0 Å². The number of allylic oxidation sites excluding steroid dienone is 2. The largest absolute Gasteiger partial charge is 0.325 e. The summed E-state index contributed by atoms with van der Waals surface area (Å²) in [6.07, 6.45) is 7.68. The Balaban J connectivity index is 3.83. The van der Waals surface area contributed by atoms with Crippen molar-refractivity contribution in [3.63, 3.8) is 0 Å². The van der Waals surface area contributed by atoms with Crippen LogP contribution in [0, 0.1) is 0 Å². The van der Waals surface area contributed by atoms with Crippen molar-refractivity contribution in [2.45, 2.75) is 53.4 Å². The molecule has 0 aliphatic rings. The third kappa shape index (κ3) is 7.33. The van der Waals surface area contributed by atoms with Gasteiger partial charge in [0.15, 0.2) is 0 Å². The van der Waals surface area contributed by atoms with Gasteiger partial charge < -0.3 is 4.57 Å². The molecule has 0 aliphatic carbocycles. The summed E-state index contributed by atoms with van der Waals surface area (Å²) < 4.78 is 2.72. The monoisotopic (exact) mass is 213 g/mol. The zero-order chi connectivity index (χ0) is 10.8. The van der Waals surface area contributed by atoms with Gasteiger partial charge in [-0.2, -0.15) is 0 Å². The fraction of sp³-hybridized carbons (Fsp3) is 0.833. The van der Waals surface area contributed by atoms with Gasteiger partial charge in [-0.3, -0.25) is 0 Å². The molecule has 14 heavy (non-hydrogen) atoms. The fourth-order valence-corrected chi connectivity index (χ4v) is 3.13. The van der Waals surface area contributed by atoms with Crippen LogP contribution < -0.4 is 0 Å². The normalized spacial score (nSPS) is 13.4. The van der Waals surface area contributed by atoms with E-state index >= 15 is 0 Å². The molecule has 0 aliphatic heterocycles. The minimum absolute atomic E-state index is 0.0965. The molecule has 0 saturated heterocycles. The van der Waals surface area contributed by atoms with Crippen LogP contribution in [0.5, 0.6) is 0 Å². The van der Waals surface area contributed by atoms with Gasteiger partial charge in [-0.1, -0.05) is 38.0 Å². The summed E-state index contributed by atoms with van der Waals surface area (Å²) in [4.78, 5) is 0. The number of hydrogen-bond donors (Lipinski definition) is 0. The van der Waals surface area contributed by atoms with Gasteiger partial charge >= 0.3 is 0 Å². The van der Waals surface area contributed by atoms with Crippen molar-refractivity contribution in [2.24, 2.45) is 0 Å².